The van der Waals surface area contributed by atoms with E-state index in [4.69, 9.17) is 0 Å². The van der Waals surface area contributed by atoms with Crippen molar-refractivity contribution < 1.29 is 14.4 Å². The maximum Gasteiger partial charge on any atom is 0.387 e. The zero-order valence-corrected chi connectivity index (χ0v) is 13.1. The molecular weight excluding hydrogens is 300 g/mol. The van der Waals surface area contributed by atoms with Crippen LogP contribution in [0.1, 0.15) is 6.92 Å². The Morgan fingerprint density at radius 1 is 1.36 bits per heavy atom. The number of allylic oxidation sites excluding steroid dienone is 1. The third-order valence-electron chi connectivity index (χ3n) is 4.07. The van der Waals surface area contributed by atoms with Gasteiger partial charge >= 0.3 is 5.24 Å². The zero-order valence-electron chi connectivity index (χ0n) is 12.3. The number of nitrogens with one attached hydrogen (secondary N) is 2. The van der Waals surface area contributed by atoms with E-state index in [9.17, 15) is 9.90 Å². The molecule has 7 heteroatoms. The summed E-state index contributed by atoms with van der Waals surface area (Å²) in [5.74, 6) is -0.683. The van der Waals surface area contributed by atoms with E-state index in [0.717, 1.165) is 11.4 Å². The van der Waals surface area contributed by atoms with Gasteiger partial charge in [0.05, 0.1) is 13.4 Å². The number of amides is 1. The first kappa shape index (κ1) is 14.7. The van der Waals surface area contributed by atoms with Crippen molar-refractivity contribution in [2.24, 2.45) is 4.99 Å². The van der Waals surface area contributed by atoms with Crippen molar-refractivity contribution in [3.8, 4) is 5.75 Å². The number of likely N-dealkylation sites (N-methyl/N-ethyl adjacent to an activating group) is 1. The number of rotatable bonds is 3. The van der Waals surface area contributed by atoms with Crippen LogP contribution in [0.5, 0.6) is 5.75 Å². The average molecular weight is 317 g/mol. The van der Waals surface area contributed by atoms with E-state index in [1.165, 1.54) is 11.8 Å². The number of phenols is 1. The highest BCUT2D eigenvalue weighted by atomic mass is 32.2. The van der Waals surface area contributed by atoms with Gasteiger partial charge in [0.15, 0.2) is 0 Å². The van der Waals surface area contributed by atoms with Gasteiger partial charge in [-0.2, -0.15) is 4.48 Å². The number of hydrogen-bond acceptors (Lipinski definition) is 6. The Balaban J connectivity index is 2.04. The van der Waals surface area contributed by atoms with Crippen molar-refractivity contribution >= 4 is 29.0 Å². The Kier molecular flexibility index (Phi) is 3.46. The second-order valence-corrected chi connectivity index (χ2v) is 6.15. The summed E-state index contributed by atoms with van der Waals surface area (Å²) in [5.41, 5.74) is 1.70. The number of hydrogen-bond donors (Lipinski definition) is 3. The summed E-state index contributed by atoms with van der Waals surface area (Å²) in [6.45, 7) is 1.93. The van der Waals surface area contributed by atoms with Crippen molar-refractivity contribution in [1.82, 2.24) is 5.32 Å². The first-order valence-corrected chi connectivity index (χ1v) is 7.65. The normalized spacial score (nSPS) is 30.1. The molecule has 0 saturated carbocycles. The Morgan fingerprint density at radius 2 is 2.09 bits per heavy atom. The van der Waals surface area contributed by atoms with Gasteiger partial charge in [0.25, 0.3) is 5.79 Å². The Hall–Kier alpha value is -2.25. The molecule has 0 fully saturated rings. The summed E-state index contributed by atoms with van der Waals surface area (Å²) in [6, 6.07) is 6.72. The molecule has 2 aliphatic heterocycles. The van der Waals surface area contributed by atoms with Crippen molar-refractivity contribution in [2.75, 3.05) is 12.4 Å². The number of aliphatic imine (C=N–C) groups is 1. The molecule has 114 valence electrons. The van der Waals surface area contributed by atoms with E-state index >= 15 is 0 Å². The van der Waals surface area contributed by atoms with Gasteiger partial charge in [0.2, 0.25) is 0 Å². The molecule has 0 saturated heterocycles. The van der Waals surface area contributed by atoms with Crippen molar-refractivity contribution in [3.05, 3.63) is 47.6 Å². The molecule has 2 heterocycles. The largest absolute Gasteiger partial charge is 0.508 e. The molecule has 22 heavy (non-hydrogen) atoms. The fraction of sp³-hybridized carbons (Fsp3) is 0.200. The molecule has 2 atom stereocenters. The van der Waals surface area contributed by atoms with E-state index in [-0.39, 0.29) is 15.5 Å². The molecular formula is C15H17N4O2S+. The van der Waals surface area contributed by atoms with Crippen LogP contribution in [0, 0.1) is 0 Å². The van der Waals surface area contributed by atoms with E-state index in [1.54, 1.807) is 36.8 Å². The first-order chi connectivity index (χ1) is 10.5. The molecule has 2 unspecified atom stereocenters. The Morgan fingerprint density at radius 3 is 2.64 bits per heavy atom. The second-order valence-electron chi connectivity index (χ2n) is 5.33. The first-order valence-electron chi connectivity index (χ1n) is 6.77. The third kappa shape index (κ3) is 2.10. The van der Waals surface area contributed by atoms with Crippen LogP contribution in [0.4, 0.5) is 10.5 Å². The lowest BCUT2D eigenvalue weighted by Crippen LogP contribution is -2.72. The minimum Gasteiger partial charge on any atom is -0.508 e. The zero-order chi connectivity index (χ0) is 15.8. The summed E-state index contributed by atoms with van der Waals surface area (Å²) in [6.07, 6.45) is 5.07. The smallest absolute Gasteiger partial charge is 0.387 e. The molecule has 3 rings (SSSR count). The van der Waals surface area contributed by atoms with Crippen LogP contribution in [-0.4, -0.2) is 34.0 Å². The maximum atomic E-state index is 12.5. The lowest BCUT2D eigenvalue weighted by atomic mass is 10.1. The highest BCUT2D eigenvalue weighted by Crippen LogP contribution is 2.40. The van der Waals surface area contributed by atoms with Crippen LogP contribution in [0.3, 0.4) is 0 Å². The maximum absolute atomic E-state index is 12.5. The van der Waals surface area contributed by atoms with Crippen molar-refractivity contribution in [1.29, 1.82) is 0 Å². The van der Waals surface area contributed by atoms with Gasteiger partial charge in [-0.05, 0) is 24.3 Å². The van der Waals surface area contributed by atoms with E-state index in [0.29, 0.717) is 0 Å². The highest BCUT2D eigenvalue weighted by Gasteiger charge is 2.57. The summed E-state index contributed by atoms with van der Waals surface area (Å²) < 4.78 is 0.0427. The summed E-state index contributed by atoms with van der Waals surface area (Å²) >= 11 is 1.19. The number of carbonyl (C=O) groups is 1. The standard InChI is InChI=1S/C15H16N4O2S/c1-11-9-22-14(21)19(11,2)15(7-8-16-10-17-15)18-12-3-5-13(20)6-4-12/h3-10,18H,1-2H3,(H-,16,17,20)/p+1. The average Bonchev–Trinajstić information content (AvgIpc) is 2.79. The highest BCUT2D eigenvalue weighted by molar-refractivity contribution is 8.16. The minimum atomic E-state index is -0.875. The number of quaternary nitrogens is 1. The van der Waals surface area contributed by atoms with Gasteiger partial charge in [-0.3, -0.25) is 0 Å². The third-order valence-corrected chi connectivity index (χ3v) is 5.10. The van der Waals surface area contributed by atoms with Crippen molar-refractivity contribution in [2.45, 2.75) is 12.7 Å². The Labute approximate surface area is 132 Å². The van der Waals surface area contributed by atoms with Gasteiger partial charge in [-0.25, -0.2) is 9.79 Å². The molecule has 1 amide bonds. The molecule has 0 aliphatic carbocycles. The number of aromatic hydroxyl groups is 1. The van der Waals surface area contributed by atoms with Gasteiger partial charge in [-0.15, -0.1) is 0 Å². The fourth-order valence-corrected chi connectivity index (χ4v) is 3.50. The molecule has 0 radical (unpaired) electrons. The van der Waals surface area contributed by atoms with Crippen LogP contribution in [0.25, 0.3) is 0 Å². The minimum absolute atomic E-state index is 0.0104. The van der Waals surface area contributed by atoms with Crippen LogP contribution >= 0.6 is 11.8 Å². The molecule has 0 spiro atoms. The number of phenolic OH excluding ortho intramolecular Hbond substituents is 1. The quantitative estimate of drug-likeness (QED) is 0.590. The lowest BCUT2D eigenvalue weighted by molar-refractivity contribution is -0.830. The predicted octanol–water partition coefficient (Wildman–Crippen LogP) is 2.78. The van der Waals surface area contributed by atoms with Crippen LogP contribution in [0.2, 0.25) is 0 Å². The lowest BCUT2D eigenvalue weighted by Gasteiger charge is -2.45. The van der Waals surface area contributed by atoms with E-state index in [2.05, 4.69) is 15.6 Å². The van der Waals surface area contributed by atoms with Crippen LogP contribution in [-0.2, 0) is 0 Å². The monoisotopic (exact) mass is 317 g/mol. The molecule has 3 N–H and O–H groups in total. The number of nitrogens with zero attached hydrogens (tertiary/aromatic N) is 2. The molecule has 1 aromatic rings. The summed E-state index contributed by atoms with van der Waals surface area (Å²) in [7, 11) is 1.86. The number of thioether (sulfide) groups is 1. The summed E-state index contributed by atoms with van der Waals surface area (Å²) in [4.78, 5) is 16.6. The molecule has 0 bridgehead atoms. The molecule has 6 nitrogen and oxygen atoms in total. The molecule has 1 aromatic carbocycles. The van der Waals surface area contributed by atoms with Crippen LogP contribution in [0.15, 0.2) is 52.6 Å². The number of carbonyl (C=O) groups excluding carboxylic acids is 1. The fourth-order valence-electron chi connectivity index (χ4n) is 2.52. The van der Waals surface area contributed by atoms with Gasteiger partial charge < -0.3 is 15.7 Å². The van der Waals surface area contributed by atoms with Crippen LogP contribution < -0.4 is 10.6 Å². The van der Waals surface area contributed by atoms with Gasteiger partial charge in [0.1, 0.15) is 11.4 Å². The van der Waals surface area contributed by atoms with Crippen molar-refractivity contribution in [3.63, 3.8) is 0 Å². The predicted molar refractivity (Wildman–Crippen MR) is 88.2 cm³/mol. The van der Waals surface area contributed by atoms with E-state index < -0.39 is 5.79 Å². The molecule has 0 aromatic heterocycles. The van der Waals surface area contributed by atoms with E-state index in [1.807, 2.05) is 25.5 Å². The number of anilines is 1. The topological polar surface area (TPSA) is 73.7 Å². The van der Waals surface area contributed by atoms with Gasteiger partial charge in [-0.1, -0.05) is 0 Å². The number of benzene rings is 1. The Bertz CT molecular complexity index is 698. The van der Waals surface area contributed by atoms with Gasteiger partial charge in [0, 0.05) is 42.1 Å². The summed E-state index contributed by atoms with van der Waals surface area (Å²) in [5, 5.41) is 17.8. The SMILES string of the molecule is CC1=CSC(=O)[N+]1(C)C1(Nc2ccc(O)cc2)C=CN=CN1. The molecule has 2 aliphatic rings. The second kappa shape index (κ2) is 5.19.